The summed E-state index contributed by atoms with van der Waals surface area (Å²) in [4.78, 5) is 0. The van der Waals surface area contributed by atoms with Crippen molar-refractivity contribution in [3.05, 3.63) is 35.4 Å². The lowest BCUT2D eigenvalue weighted by molar-refractivity contribution is -0.139. The molecule has 96 valence electrons. The summed E-state index contributed by atoms with van der Waals surface area (Å²) >= 11 is 0. The molecule has 1 rings (SSSR count). The number of halogens is 3. The topological polar surface area (TPSA) is 20.2 Å². The van der Waals surface area contributed by atoms with E-state index in [4.69, 9.17) is 0 Å². The highest BCUT2D eigenvalue weighted by Crippen LogP contribution is 2.37. The van der Waals surface area contributed by atoms with Gasteiger partial charge in [-0.2, -0.15) is 13.2 Å². The Bertz CT molecular complexity index is 377. The van der Waals surface area contributed by atoms with Crippen molar-refractivity contribution < 1.29 is 18.3 Å². The molecule has 0 saturated carbocycles. The predicted molar refractivity (Wildman–Crippen MR) is 60.5 cm³/mol. The van der Waals surface area contributed by atoms with E-state index in [9.17, 15) is 18.3 Å². The van der Waals surface area contributed by atoms with Gasteiger partial charge in [0.15, 0.2) is 0 Å². The lowest BCUT2D eigenvalue weighted by atomic mass is 9.85. The summed E-state index contributed by atoms with van der Waals surface area (Å²) in [5.41, 5.74) is -1.02. The second-order valence-electron chi connectivity index (χ2n) is 5.37. The minimum atomic E-state index is -4.42. The first-order valence-corrected chi connectivity index (χ1v) is 5.45. The smallest absolute Gasteiger partial charge is 0.388 e. The van der Waals surface area contributed by atoms with Crippen LogP contribution in [-0.2, 0) is 6.18 Å². The molecule has 0 aliphatic heterocycles. The first-order valence-electron chi connectivity index (χ1n) is 5.45. The maximum Gasteiger partial charge on any atom is 0.416 e. The van der Waals surface area contributed by atoms with Gasteiger partial charge in [-0.25, -0.2) is 0 Å². The maximum atomic E-state index is 12.7. The van der Waals surface area contributed by atoms with Crippen molar-refractivity contribution in [3.63, 3.8) is 0 Å². The Kier molecular flexibility index (Phi) is 3.87. The van der Waals surface area contributed by atoms with Gasteiger partial charge in [-0.15, -0.1) is 0 Å². The van der Waals surface area contributed by atoms with Crippen LogP contribution in [0.4, 0.5) is 13.2 Å². The average Bonchev–Trinajstić information content (AvgIpc) is 2.13. The quantitative estimate of drug-likeness (QED) is 0.830. The van der Waals surface area contributed by atoms with Crippen LogP contribution >= 0.6 is 0 Å². The number of hydrogen-bond donors (Lipinski definition) is 1. The van der Waals surface area contributed by atoms with Crippen LogP contribution in [0.2, 0.25) is 0 Å². The van der Waals surface area contributed by atoms with Crippen molar-refractivity contribution in [2.75, 3.05) is 0 Å². The van der Waals surface area contributed by atoms with Crippen molar-refractivity contribution in [2.45, 2.75) is 39.5 Å². The van der Waals surface area contributed by atoms with Crippen molar-refractivity contribution >= 4 is 0 Å². The van der Waals surface area contributed by atoms with E-state index in [0.29, 0.717) is 6.42 Å². The van der Waals surface area contributed by atoms with E-state index < -0.39 is 17.8 Å². The number of alkyl halides is 3. The molecule has 0 radical (unpaired) electrons. The summed E-state index contributed by atoms with van der Waals surface area (Å²) in [6.07, 6.45) is -5.22. The first kappa shape index (κ1) is 14.0. The molecule has 0 fully saturated rings. The van der Waals surface area contributed by atoms with Crippen molar-refractivity contribution in [1.29, 1.82) is 0 Å². The van der Waals surface area contributed by atoms with Gasteiger partial charge in [0.2, 0.25) is 0 Å². The minimum absolute atomic E-state index is 0.0464. The van der Waals surface area contributed by atoms with E-state index in [2.05, 4.69) is 0 Å². The SMILES string of the molecule is CC(C)(C)CC(O)c1ccccc1C(F)(F)F. The zero-order valence-electron chi connectivity index (χ0n) is 10.2. The van der Waals surface area contributed by atoms with Crippen LogP contribution in [0.3, 0.4) is 0 Å². The van der Waals surface area contributed by atoms with Gasteiger partial charge in [0.25, 0.3) is 0 Å². The van der Waals surface area contributed by atoms with Gasteiger partial charge in [0.05, 0.1) is 11.7 Å². The van der Waals surface area contributed by atoms with E-state index in [1.54, 1.807) is 0 Å². The van der Waals surface area contributed by atoms with E-state index in [1.807, 2.05) is 20.8 Å². The Morgan fingerprint density at radius 1 is 1.12 bits per heavy atom. The molecule has 0 aliphatic carbocycles. The molecule has 1 unspecified atom stereocenters. The van der Waals surface area contributed by atoms with Gasteiger partial charge in [0.1, 0.15) is 0 Å². The molecule has 1 aromatic carbocycles. The Hall–Kier alpha value is -1.03. The van der Waals surface area contributed by atoms with Crippen LogP contribution in [0.5, 0.6) is 0 Å². The van der Waals surface area contributed by atoms with Crippen LogP contribution in [0.15, 0.2) is 24.3 Å². The monoisotopic (exact) mass is 246 g/mol. The van der Waals surface area contributed by atoms with E-state index >= 15 is 0 Å². The standard InChI is InChI=1S/C13H17F3O/c1-12(2,3)8-11(17)9-6-4-5-7-10(9)13(14,15)16/h4-7,11,17H,8H2,1-3H3. The minimum Gasteiger partial charge on any atom is -0.388 e. The van der Waals surface area contributed by atoms with Gasteiger partial charge < -0.3 is 5.11 Å². The highest BCUT2D eigenvalue weighted by atomic mass is 19.4. The summed E-state index contributed by atoms with van der Waals surface area (Å²) < 4.78 is 38.2. The Morgan fingerprint density at radius 2 is 1.65 bits per heavy atom. The molecule has 0 aromatic heterocycles. The summed E-state index contributed by atoms with van der Waals surface area (Å²) in [7, 11) is 0. The van der Waals surface area contributed by atoms with E-state index in [-0.39, 0.29) is 11.0 Å². The first-order chi connectivity index (χ1) is 7.61. The van der Waals surface area contributed by atoms with Crippen molar-refractivity contribution in [3.8, 4) is 0 Å². The van der Waals surface area contributed by atoms with Crippen LogP contribution in [0, 0.1) is 5.41 Å². The molecule has 0 heterocycles. The third kappa shape index (κ3) is 4.04. The molecular weight excluding hydrogens is 229 g/mol. The molecule has 4 heteroatoms. The number of benzene rings is 1. The normalized spacial score (nSPS) is 14.8. The lowest BCUT2D eigenvalue weighted by Crippen LogP contribution is -2.16. The molecule has 17 heavy (non-hydrogen) atoms. The second-order valence-corrected chi connectivity index (χ2v) is 5.37. The Labute approximate surface area is 99.3 Å². The molecule has 1 nitrogen and oxygen atoms in total. The third-order valence-corrected chi connectivity index (χ3v) is 2.43. The maximum absolute atomic E-state index is 12.7. The van der Waals surface area contributed by atoms with Crippen molar-refractivity contribution in [2.24, 2.45) is 5.41 Å². The number of rotatable bonds is 2. The van der Waals surface area contributed by atoms with Gasteiger partial charge in [-0.05, 0) is 23.5 Å². The number of aliphatic hydroxyl groups is 1. The molecule has 1 N–H and O–H groups in total. The fourth-order valence-electron chi connectivity index (χ4n) is 1.74. The molecule has 0 aliphatic rings. The summed E-state index contributed by atoms with van der Waals surface area (Å²) in [5.74, 6) is 0. The lowest BCUT2D eigenvalue weighted by Gasteiger charge is -2.24. The van der Waals surface area contributed by atoms with Gasteiger partial charge >= 0.3 is 6.18 Å². The van der Waals surface area contributed by atoms with Crippen LogP contribution in [0.25, 0.3) is 0 Å². The third-order valence-electron chi connectivity index (χ3n) is 2.43. The highest BCUT2D eigenvalue weighted by Gasteiger charge is 2.35. The molecule has 0 spiro atoms. The van der Waals surface area contributed by atoms with Crippen molar-refractivity contribution in [1.82, 2.24) is 0 Å². The summed E-state index contributed by atoms with van der Waals surface area (Å²) in [6.45, 7) is 5.64. The number of hydrogen-bond acceptors (Lipinski definition) is 1. The fraction of sp³-hybridized carbons (Fsp3) is 0.538. The molecule has 0 saturated heterocycles. The number of aliphatic hydroxyl groups excluding tert-OH is 1. The molecule has 0 amide bonds. The zero-order chi connectivity index (χ0) is 13.3. The van der Waals surface area contributed by atoms with Gasteiger partial charge in [-0.3, -0.25) is 0 Å². The summed E-state index contributed by atoms with van der Waals surface area (Å²) in [5, 5.41) is 9.90. The molecule has 1 atom stereocenters. The van der Waals surface area contributed by atoms with Gasteiger partial charge in [-0.1, -0.05) is 39.0 Å². The zero-order valence-corrected chi connectivity index (χ0v) is 10.2. The van der Waals surface area contributed by atoms with Crippen LogP contribution in [-0.4, -0.2) is 5.11 Å². The Morgan fingerprint density at radius 3 is 2.12 bits per heavy atom. The largest absolute Gasteiger partial charge is 0.416 e. The summed E-state index contributed by atoms with van der Waals surface area (Å²) in [6, 6.07) is 5.17. The van der Waals surface area contributed by atoms with Crippen LogP contribution in [0.1, 0.15) is 44.4 Å². The van der Waals surface area contributed by atoms with Gasteiger partial charge in [0, 0.05) is 0 Å². The van der Waals surface area contributed by atoms with E-state index in [1.165, 1.54) is 18.2 Å². The van der Waals surface area contributed by atoms with Crippen LogP contribution < -0.4 is 0 Å². The molecule has 1 aromatic rings. The predicted octanol–water partition coefficient (Wildman–Crippen LogP) is 4.18. The second kappa shape index (κ2) is 4.69. The molecule has 0 bridgehead atoms. The fourth-order valence-corrected chi connectivity index (χ4v) is 1.74. The average molecular weight is 246 g/mol. The molecular formula is C13H17F3O. The Balaban J connectivity index is 3.06. The van der Waals surface area contributed by atoms with E-state index in [0.717, 1.165) is 6.07 Å². The highest BCUT2D eigenvalue weighted by molar-refractivity contribution is 5.31.